The Hall–Kier alpha value is -2.09. The molecule has 3 rings (SSSR count). The second-order valence-corrected chi connectivity index (χ2v) is 10.3. The molecule has 0 bridgehead atoms. The predicted octanol–water partition coefficient (Wildman–Crippen LogP) is 3.69. The highest BCUT2D eigenvalue weighted by Crippen LogP contribution is 2.23. The Morgan fingerprint density at radius 3 is 2.52 bits per heavy atom. The molecule has 0 radical (unpaired) electrons. The minimum Gasteiger partial charge on any atom is -0.492 e. The summed E-state index contributed by atoms with van der Waals surface area (Å²) in [5.74, 6) is 0.425. The van der Waals surface area contributed by atoms with E-state index in [0.717, 1.165) is 16.7 Å². The number of sulfonamides is 1. The van der Waals surface area contributed by atoms with Crippen LogP contribution in [0.4, 0.5) is 0 Å². The molecule has 0 atom stereocenters. The van der Waals surface area contributed by atoms with E-state index in [9.17, 15) is 13.2 Å². The van der Waals surface area contributed by atoms with Crippen LogP contribution in [0.2, 0.25) is 5.02 Å². The number of piperidine rings is 1. The molecule has 8 heteroatoms. The molecule has 0 aromatic heterocycles. The minimum absolute atomic E-state index is 0.00307. The largest absolute Gasteiger partial charge is 0.492 e. The number of ether oxygens (including phenoxy) is 1. The summed E-state index contributed by atoms with van der Waals surface area (Å²) in [6.45, 7) is 5.30. The number of carbonyl (C=O) groups is 1. The highest BCUT2D eigenvalue weighted by molar-refractivity contribution is 7.88. The van der Waals surface area contributed by atoms with Crippen molar-refractivity contribution >= 4 is 27.5 Å². The van der Waals surface area contributed by atoms with Gasteiger partial charge >= 0.3 is 0 Å². The first-order valence-corrected chi connectivity index (χ1v) is 12.4. The number of hydrogen-bond acceptors (Lipinski definition) is 4. The van der Waals surface area contributed by atoms with Gasteiger partial charge in [-0.15, -0.1) is 0 Å². The zero-order chi connectivity index (χ0) is 22.4. The van der Waals surface area contributed by atoms with Crippen LogP contribution in [0.25, 0.3) is 0 Å². The standard InChI is InChI=1S/C23H29ClN2O4S/c1-17-5-3-4-6-20(17)16-31(28,29)26-12-9-19(10-13-26)23(27)25-11-14-30-21-8-7-18(2)22(24)15-21/h3-8,15,19H,9-14,16H2,1-2H3,(H,25,27). The van der Waals surface area contributed by atoms with Crippen LogP contribution in [0.15, 0.2) is 42.5 Å². The quantitative estimate of drug-likeness (QED) is 0.604. The lowest BCUT2D eigenvalue weighted by Gasteiger charge is -2.30. The molecular formula is C23H29ClN2O4S. The summed E-state index contributed by atoms with van der Waals surface area (Å²) in [6, 6.07) is 13.0. The Kier molecular flexibility index (Phi) is 7.97. The number of carbonyl (C=O) groups excluding carboxylic acids is 1. The third-order valence-electron chi connectivity index (χ3n) is 5.63. The molecule has 0 spiro atoms. The van der Waals surface area contributed by atoms with Crippen LogP contribution in [-0.2, 0) is 20.6 Å². The van der Waals surface area contributed by atoms with E-state index in [4.69, 9.17) is 16.3 Å². The van der Waals surface area contributed by atoms with Crippen molar-refractivity contribution in [2.75, 3.05) is 26.2 Å². The van der Waals surface area contributed by atoms with Crippen LogP contribution >= 0.6 is 11.6 Å². The van der Waals surface area contributed by atoms with E-state index in [2.05, 4.69) is 5.32 Å². The van der Waals surface area contributed by atoms with Gasteiger partial charge in [0.2, 0.25) is 15.9 Å². The van der Waals surface area contributed by atoms with Gasteiger partial charge in [-0.2, -0.15) is 0 Å². The van der Waals surface area contributed by atoms with Gasteiger partial charge in [0.05, 0.1) is 12.3 Å². The number of rotatable bonds is 8. The molecule has 1 N–H and O–H groups in total. The second kappa shape index (κ2) is 10.5. The predicted molar refractivity (Wildman–Crippen MR) is 123 cm³/mol. The summed E-state index contributed by atoms with van der Waals surface area (Å²) in [7, 11) is -3.40. The van der Waals surface area contributed by atoms with Crippen molar-refractivity contribution in [1.82, 2.24) is 9.62 Å². The Labute approximate surface area is 189 Å². The molecular weight excluding hydrogens is 436 g/mol. The molecule has 168 valence electrons. The molecule has 31 heavy (non-hydrogen) atoms. The number of halogens is 1. The van der Waals surface area contributed by atoms with Crippen molar-refractivity contribution in [2.24, 2.45) is 5.92 Å². The fraction of sp³-hybridized carbons (Fsp3) is 0.435. The van der Waals surface area contributed by atoms with Crippen LogP contribution in [0.1, 0.15) is 29.5 Å². The number of nitrogens with one attached hydrogen (secondary N) is 1. The zero-order valence-corrected chi connectivity index (χ0v) is 19.5. The summed E-state index contributed by atoms with van der Waals surface area (Å²) in [6.07, 6.45) is 1.04. The minimum atomic E-state index is -3.40. The van der Waals surface area contributed by atoms with Crippen LogP contribution < -0.4 is 10.1 Å². The average molecular weight is 465 g/mol. The number of aryl methyl sites for hydroxylation is 2. The Balaban J connectivity index is 1.42. The maximum atomic E-state index is 12.8. The molecule has 0 unspecified atom stereocenters. The third kappa shape index (κ3) is 6.45. The van der Waals surface area contributed by atoms with Crippen molar-refractivity contribution in [1.29, 1.82) is 0 Å². The summed E-state index contributed by atoms with van der Waals surface area (Å²) in [5.41, 5.74) is 2.77. The molecule has 2 aromatic carbocycles. The molecule has 2 aromatic rings. The zero-order valence-electron chi connectivity index (χ0n) is 17.9. The SMILES string of the molecule is Cc1ccc(OCCNC(=O)C2CCN(S(=O)(=O)Cc3ccccc3C)CC2)cc1Cl. The van der Waals surface area contributed by atoms with Gasteiger partial charge in [0.15, 0.2) is 0 Å². The maximum Gasteiger partial charge on any atom is 0.223 e. The monoisotopic (exact) mass is 464 g/mol. The smallest absolute Gasteiger partial charge is 0.223 e. The lowest BCUT2D eigenvalue weighted by Crippen LogP contribution is -2.44. The summed E-state index contributed by atoms with van der Waals surface area (Å²) < 4.78 is 32.7. The number of hydrogen-bond donors (Lipinski definition) is 1. The molecule has 1 fully saturated rings. The Morgan fingerprint density at radius 1 is 1.13 bits per heavy atom. The van der Waals surface area contributed by atoms with Crippen molar-refractivity contribution in [2.45, 2.75) is 32.4 Å². The number of amides is 1. The van der Waals surface area contributed by atoms with Crippen LogP contribution in [0.3, 0.4) is 0 Å². The molecule has 1 amide bonds. The fourth-order valence-electron chi connectivity index (χ4n) is 3.61. The third-order valence-corrected chi connectivity index (χ3v) is 7.87. The molecule has 1 aliphatic heterocycles. The first-order chi connectivity index (χ1) is 14.8. The van der Waals surface area contributed by atoms with E-state index < -0.39 is 10.0 Å². The van der Waals surface area contributed by atoms with Gasteiger partial charge < -0.3 is 10.1 Å². The molecule has 1 heterocycles. The molecule has 0 aliphatic carbocycles. The maximum absolute atomic E-state index is 12.8. The first-order valence-electron chi connectivity index (χ1n) is 10.5. The van der Waals surface area contributed by atoms with E-state index in [-0.39, 0.29) is 17.6 Å². The van der Waals surface area contributed by atoms with Crippen LogP contribution in [0.5, 0.6) is 5.75 Å². The Bertz CT molecular complexity index is 1020. The highest BCUT2D eigenvalue weighted by Gasteiger charge is 2.31. The van der Waals surface area contributed by atoms with Crippen LogP contribution in [0, 0.1) is 19.8 Å². The molecule has 1 aliphatic rings. The molecule has 0 saturated carbocycles. The van der Waals surface area contributed by atoms with Gasteiger partial charge in [0, 0.05) is 24.0 Å². The number of nitrogens with zero attached hydrogens (tertiary/aromatic N) is 1. The first kappa shape index (κ1) is 23.6. The topological polar surface area (TPSA) is 75.7 Å². The summed E-state index contributed by atoms with van der Waals surface area (Å²) in [4.78, 5) is 12.4. The van der Waals surface area contributed by atoms with E-state index in [1.54, 1.807) is 6.07 Å². The van der Waals surface area contributed by atoms with E-state index >= 15 is 0 Å². The average Bonchev–Trinajstić information content (AvgIpc) is 2.75. The summed E-state index contributed by atoms with van der Waals surface area (Å²) >= 11 is 6.08. The number of benzene rings is 2. The second-order valence-electron chi connectivity index (χ2n) is 7.91. The van der Waals surface area contributed by atoms with Gasteiger partial charge in [0.25, 0.3) is 0 Å². The van der Waals surface area contributed by atoms with Crippen molar-refractivity contribution in [3.05, 3.63) is 64.2 Å². The van der Waals surface area contributed by atoms with Gasteiger partial charge in [-0.1, -0.05) is 41.9 Å². The van der Waals surface area contributed by atoms with Gasteiger partial charge in [-0.05, 0) is 55.5 Å². The van der Waals surface area contributed by atoms with Crippen molar-refractivity contribution in [3.63, 3.8) is 0 Å². The van der Waals surface area contributed by atoms with E-state index in [0.29, 0.717) is 49.9 Å². The van der Waals surface area contributed by atoms with E-state index in [1.807, 2.05) is 50.2 Å². The summed E-state index contributed by atoms with van der Waals surface area (Å²) in [5, 5.41) is 3.53. The van der Waals surface area contributed by atoms with Crippen molar-refractivity contribution < 1.29 is 17.9 Å². The van der Waals surface area contributed by atoms with Gasteiger partial charge in [0.1, 0.15) is 12.4 Å². The lowest BCUT2D eigenvalue weighted by molar-refractivity contribution is -0.126. The Morgan fingerprint density at radius 2 is 1.84 bits per heavy atom. The molecule has 1 saturated heterocycles. The fourth-order valence-corrected chi connectivity index (χ4v) is 5.44. The van der Waals surface area contributed by atoms with Crippen LogP contribution in [-0.4, -0.2) is 44.9 Å². The van der Waals surface area contributed by atoms with E-state index in [1.165, 1.54) is 4.31 Å². The normalized spacial score (nSPS) is 15.6. The van der Waals surface area contributed by atoms with Gasteiger partial charge in [-0.3, -0.25) is 4.79 Å². The van der Waals surface area contributed by atoms with Crippen molar-refractivity contribution in [3.8, 4) is 5.75 Å². The van der Waals surface area contributed by atoms with Gasteiger partial charge in [-0.25, -0.2) is 12.7 Å². The lowest BCUT2D eigenvalue weighted by atomic mass is 9.97. The molecule has 6 nitrogen and oxygen atoms in total. The highest BCUT2D eigenvalue weighted by atomic mass is 35.5.